The normalized spacial score (nSPS) is 16.2. The van der Waals surface area contributed by atoms with E-state index in [4.69, 9.17) is 16.3 Å². The van der Waals surface area contributed by atoms with Crippen molar-refractivity contribution in [1.82, 2.24) is 15.1 Å². The van der Waals surface area contributed by atoms with E-state index >= 15 is 0 Å². The molecule has 3 rings (SSSR count). The first-order chi connectivity index (χ1) is 14.7. The number of rotatable bonds is 7. The van der Waals surface area contributed by atoms with Crippen LogP contribution in [0.3, 0.4) is 0 Å². The molecular formula is C25H35Cl2N3O2. The summed E-state index contributed by atoms with van der Waals surface area (Å²) >= 11 is 6.08. The van der Waals surface area contributed by atoms with Gasteiger partial charge >= 0.3 is 0 Å². The van der Waals surface area contributed by atoms with E-state index in [1.165, 1.54) is 5.56 Å². The van der Waals surface area contributed by atoms with Gasteiger partial charge in [-0.05, 0) is 47.9 Å². The molecule has 1 amide bonds. The van der Waals surface area contributed by atoms with Crippen LogP contribution in [-0.4, -0.2) is 62.1 Å². The number of likely N-dealkylation sites (N-methyl/N-ethyl adjacent to an activating group) is 1. The molecule has 1 atom stereocenters. The molecule has 1 unspecified atom stereocenters. The number of amides is 1. The highest BCUT2D eigenvalue weighted by Gasteiger charge is 2.24. The van der Waals surface area contributed by atoms with Crippen LogP contribution in [0.15, 0.2) is 48.5 Å². The maximum atomic E-state index is 12.5. The van der Waals surface area contributed by atoms with Gasteiger partial charge < -0.3 is 15.0 Å². The fraction of sp³-hybridized carbons (Fsp3) is 0.480. The number of nitrogens with zero attached hydrogens (tertiary/aromatic N) is 2. The van der Waals surface area contributed by atoms with E-state index < -0.39 is 0 Å². The highest BCUT2D eigenvalue weighted by Crippen LogP contribution is 2.25. The van der Waals surface area contributed by atoms with Gasteiger partial charge in [-0.1, -0.05) is 56.6 Å². The minimum absolute atomic E-state index is 0. The predicted molar refractivity (Wildman–Crippen MR) is 134 cm³/mol. The molecule has 1 aliphatic rings. The van der Waals surface area contributed by atoms with Crippen LogP contribution in [0, 0.1) is 0 Å². The molecule has 1 N–H and O–H groups in total. The molecule has 1 saturated heterocycles. The number of ether oxygens (including phenoxy) is 1. The van der Waals surface area contributed by atoms with Gasteiger partial charge in [0.25, 0.3) is 5.91 Å². The van der Waals surface area contributed by atoms with E-state index in [1.54, 1.807) is 0 Å². The van der Waals surface area contributed by atoms with Gasteiger partial charge in [0.15, 0.2) is 6.61 Å². The number of benzene rings is 2. The molecule has 176 valence electrons. The summed E-state index contributed by atoms with van der Waals surface area (Å²) in [6.45, 7) is 11.0. The van der Waals surface area contributed by atoms with E-state index in [-0.39, 0.29) is 36.4 Å². The zero-order valence-corrected chi connectivity index (χ0v) is 21.0. The predicted octanol–water partition coefficient (Wildman–Crippen LogP) is 4.54. The van der Waals surface area contributed by atoms with Crippen LogP contribution in [0.4, 0.5) is 0 Å². The molecule has 1 heterocycles. The molecule has 0 saturated carbocycles. The molecule has 1 aliphatic heterocycles. The second-order valence-electron chi connectivity index (χ2n) is 9.27. The molecular weight excluding hydrogens is 445 g/mol. The Kier molecular flexibility index (Phi) is 9.83. The molecule has 2 aromatic carbocycles. The van der Waals surface area contributed by atoms with Crippen molar-refractivity contribution in [2.24, 2.45) is 0 Å². The quantitative estimate of drug-likeness (QED) is 0.632. The van der Waals surface area contributed by atoms with E-state index in [2.05, 4.69) is 55.1 Å². The number of hydrogen-bond donors (Lipinski definition) is 1. The van der Waals surface area contributed by atoms with Crippen LogP contribution in [0.1, 0.15) is 37.9 Å². The van der Waals surface area contributed by atoms with Crippen molar-refractivity contribution in [3.05, 3.63) is 64.7 Å². The number of nitrogens with one attached hydrogen (secondary N) is 1. The van der Waals surface area contributed by atoms with Gasteiger partial charge in [-0.15, -0.1) is 12.4 Å². The van der Waals surface area contributed by atoms with Crippen molar-refractivity contribution in [3.63, 3.8) is 0 Å². The van der Waals surface area contributed by atoms with Crippen LogP contribution >= 0.6 is 24.0 Å². The van der Waals surface area contributed by atoms with Crippen molar-refractivity contribution in [1.29, 1.82) is 0 Å². The lowest BCUT2D eigenvalue weighted by Gasteiger charge is -2.38. The number of carbonyl (C=O) groups is 1. The monoisotopic (exact) mass is 479 g/mol. The molecule has 0 spiro atoms. The summed E-state index contributed by atoms with van der Waals surface area (Å²) in [6.07, 6.45) is 0. The Morgan fingerprint density at radius 3 is 2.19 bits per heavy atom. The van der Waals surface area contributed by atoms with Crippen LogP contribution in [0.5, 0.6) is 5.75 Å². The van der Waals surface area contributed by atoms with E-state index in [1.807, 2.05) is 36.4 Å². The number of carbonyl (C=O) groups excluding carboxylic acids is 1. The molecule has 2 aromatic rings. The fourth-order valence-electron chi connectivity index (χ4n) is 3.74. The first kappa shape index (κ1) is 26.5. The van der Waals surface area contributed by atoms with Crippen molar-refractivity contribution in [3.8, 4) is 5.75 Å². The largest absolute Gasteiger partial charge is 0.484 e. The lowest BCUT2D eigenvalue weighted by atomic mass is 9.87. The molecule has 0 radical (unpaired) electrons. The number of hydrogen-bond acceptors (Lipinski definition) is 4. The molecule has 32 heavy (non-hydrogen) atoms. The Balaban J connectivity index is 0.00000363. The highest BCUT2D eigenvalue weighted by atomic mass is 35.5. The van der Waals surface area contributed by atoms with Gasteiger partial charge in [-0.2, -0.15) is 0 Å². The third kappa shape index (κ3) is 7.66. The second kappa shape index (κ2) is 11.9. The van der Waals surface area contributed by atoms with E-state index in [9.17, 15) is 4.79 Å². The summed E-state index contributed by atoms with van der Waals surface area (Å²) in [5.41, 5.74) is 2.49. The summed E-state index contributed by atoms with van der Waals surface area (Å²) in [5, 5.41) is 3.78. The molecule has 0 bridgehead atoms. The van der Waals surface area contributed by atoms with Crippen molar-refractivity contribution >= 4 is 29.9 Å². The van der Waals surface area contributed by atoms with Crippen molar-refractivity contribution in [2.45, 2.75) is 32.2 Å². The van der Waals surface area contributed by atoms with Gasteiger partial charge in [-0.3, -0.25) is 9.69 Å². The highest BCUT2D eigenvalue weighted by molar-refractivity contribution is 6.30. The first-order valence-electron chi connectivity index (χ1n) is 10.9. The van der Waals surface area contributed by atoms with Crippen LogP contribution in [0.2, 0.25) is 5.02 Å². The Morgan fingerprint density at radius 2 is 1.62 bits per heavy atom. The summed E-state index contributed by atoms with van der Waals surface area (Å²) in [4.78, 5) is 17.2. The average molecular weight is 480 g/mol. The zero-order valence-electron chi connectivity index (χ0n) is 19.4. The van der Waals surface area contributed by atoms with E-state index in [0.29, 0.717) is 12.3 Å². The lowest BCUT2D eigenvalue weighted by molar-refractivity contribution is -0.123. The SMILES string of the molecule is CN1CCN(C(CNC(=O)COc2ccc(C(C)(C)C)cc2)c2ccc(Cl)cc2)CC1.Cl. The van der Waals surface area contributed by atoms with Gasteiger partial charge in [0, 0.05) is 37.7 Å². The molecule has 0 aromatic heterocycles. The first-order valence-corrected chi connectivity index (χ1v) is 11.3. The average Bonchev–Trinajstić information content (AvgIpc) is 2.74. The Morgan fingerprint density at radius 1 is 1.03 bits per heavy atom. The Hall–Kier alpha value is -1.79. The van der Waals surface area contributed by atoms with Gasteiger partial charge in [0.05, 0.1) is 6.04 Å². The molecule has 0 aliphatic carbocycles. The third-order valence-corrected chi connectivity index (χ3v) is 6.07. The minimum atomic E-state index is -0.118. The summed E-state index contributed by atoms with van der Waals surface area (Å²) in [7, 11) is 2.14. The standard InChI is InChI=1S/C25H34ClN3O2.ClH/c1-25(2,3)20-7-11-22(12-8-20)31-18-24(30)27-17-23(19-5-9-21(26)10-6-19)29-15-13-28(4)14-16-29;/h5-12,23H,13-18H2,1-4H3,(H,27,30);1H. The van der Waals surface area contributed by atoms with Gasteiger partial charge in [0.1, 0.15) is 5.75 Å². The van der Waals surface area contributed by atoms with Gasteiger partial charge in [-0.25, -0.2) is 0 Å². The fourth-order valence-corrected chi connectivity index (χ4v) is 3.86. The summed E-state index contributed by atoms with van der Waals surface area (Å²) in [5.74, 6) is 0.587. The lowest BCUT2D eigenvalue weighted by Crippen LogP contribution is -2.48. The Labute approximate surface area is 203 Å². The number of halogens is 2. The maximum absolute atomic E-state index is 12.5. The van der Waals surface area contributed by atoms with Crippen molar-refractivity contribution < 1.29 is 9.53 Å². The van der Waals surface area contributed by atoms with Crippen LogP contribution in [-0.2, 0) is 10.2 Å². The molecule has 1 fully saturated rings. The molecule has 5 nitrogen and oxygen atoms in total. The van der Waals surface area contributed by atoms with Crippen LogP contribution in [0.25, 0.3) is 0 Å². The smallest absolute Gasteiger partial charge is 0.258 e. The second-order valence-corrected chi connectivity index (χ2v) is 9.71. The molecule has 7 heteroatoms. The minimum Gasteiger partial charge on any atom is -0.484 e. The zero-order chi connectivity index (χ0) is 22.4. The van der Waals surface area contributed by atoms with Crippen LogP contribution < -0.4 is 10.1 Å². The topological polar surface area (TPSA) is 44.8 Å². The summed E-state index contributed by atoms with van der Waals surface area (Å²) in [6, 6.07) is 16.0. The third-order valence-electron chi connectivity index (χ3n) is 5.82. The maximum Gasteiger partial charge on any atom is 0.258 e. The summed E-state index contributed by atoms with van der Waals surface area (Å²) < 4.78 is 5.70. The van der Waals surface area contributed by atoms with Crippen molar-refractivity contribution in [2.75, 3.05) is 46.4 Å². The number of piperazine rings is 1. The van der Waals surface area contributed by atoms with E-state index in [0.717, 1.165) is 36.8 Å². The van der Waals surface area contributed by atoms with Gasteiger partial charge in [0.2, 0.25) is 0 Å². The Bertz CT molecular complexity index is 843.